The molecule has 0 aliphatic heterocycles. The Kier molecular flexibility index (Phi) is 6.61. The first-order valence-corrected chi connectivity index (χ1v) is 11.2. The van der Waals surface area contributed by atoms with E-state index in [1.54, 1.807) is 0 Å². The first-order valence-electron chi connectivity index (χ1n) is 9.78. The quantitative estimate of drug-likeness (QED) is 0.259. The minimum atomic E-state index is -2.51. The highest BCUT2D eigenvalue weighted by molar-refractivity contribution is 6.39. The van der Waals surface area contributed by atoms with Crippen LogP contribution in [0.4, 0.5) is 0 Å². The standard InChI is InChI=1S/C26H22O3Si/c1-4-10-22(11-5-1)16-17-23-18-20-26(21-19-23)29-30(27-24-12-6-2-7-13-24)28-25-14-8-3-9-15-25/h1-21,30H. The van der Waals surface area contributed by atoms with Gasteiger partial charge in [0.25, 0.3) is 0 Å². The minimum Gasteiger partial charge on any atom is -0.486 e. The molecule has 4 heteroatoms. The van der Waals surface area contributed by atoms with Crippen molar-refractivity contribution >= 4 is 21.7 Å². The van der Waals surface area contributed by atoms with Gasteiger partial charge in [0.2, 0.25) is 0 Å². The summed E-state index contributed by atoms with van der Waals surface area (Å²) in [7, 11) is -2.51. The van der Waals surface area contributed by atoms with Crippen molar-refractivity contribution in [2.45, 2.75) is 0 Å². The lowest BCUT2D eigenvalue weighted by atomic mass is 10.1. The largest absolute Gasteiger partial charge is 0.683 e. The van der Waals surface area contributed by atoms with Crippen molar-refractivity contribution in [2.75, 3.05) is 0 Å². The molecule has 0 bridgehead atoms. The topological polar surface area (TPSA) is 27.7 Å². The van der Waals surface area contributed by atoms with E-state index in [9.17, 15) is 0 Å². The average Bonchev–Trinajstić information content (AvgIpc) is 2.81. The molecule has 4 rings (SSSR count). The van der Waals surface area contributed by atoms with Crippen molar-refractivity contribution < 1.29 is 13.3 Å². The second-order valence-corrected chi connectivity index (χ2v) is 7.87. The zero-order valence-corrected chi connectivity index (χ0v) is 17.6. The summed E-state index contributed by atoms with van der Waals surface area (Å²) in [6.45, 7) is 0. The summed E-state index contributed by atoms with van der Waals surface area (Å²) in [5.74, 6) is 2.18. The fourth-order valence-corrected chi connectivity index (χ4v) is 4.10. The number of benzene rings is 4. The van der Waals surface area contributed by atoms with Gasteiger partial charge in [-0.05, 0) is 47.5 Å². The van der Waals surface area contributed by atoms with Crippen LogP contribution in [-0.2, 0) is 0 Å². The predicted octanol–water partition coefficient (Wildman–Crippen LogP) is 6.11. The van der Waals surface area contributed by atoms with Crippen molar-refractivity contribution in [3.63, 3.8) is 0 Å². The zero-order valence-electron chi connectivity index (χ0n) is 16.4. The molecule has 0 aromatic heterocycles. The Labute approximate surface area is 178 Å². The molecule has 4 aromatic rings. The first-order chi connectivity index (χ1) is 14.8. The normalized spacial score (nSPS) is 10.8. The van der Waals surface area contributed by atoms with Gasteiger partial charge in [-0.2, -0.15) is 0 Å². The van der Waals surface area contributed by atoms with E-state index in [0.717, 1.165) is 28.4 Å². The summed E-state index contributed by atoms with van der Waals surface area (Å²) in [5, 5.41) is 0. The van der Waals surface area contributed by atoms with Crippen LogP contribution in [0.3, 0.4) is 0 Å². The second-order valence-electron chi connectivity index (χ2n) is 6.58. The summed E-state index contributed by atoms with van der Waals surface area (Å²) in [6, 6.07) is 37.3. The third-order valence-electron chi connectivity index (χ3n) is 4.33. The predicted molar refractivity (Wildman–Crippen MR) is 124 cm³/mol. The van der Waals surface area contributed by atoms with E-state index in [1.807, 2.05) is 103 Å². The molecule has 0 atom stereocenters. The monoisotopic (exact) mass is 410 g/mol. The zero-order chi connectivity index (χ0) is 20.4. The van der Waals surface area contributed by atoms with Crippen LogP contribution in [0.15, 0.2) is 115 Å². The lowest BCUT2D eigenvalue weighted by Crippen LogP contribution is -2.36. The number of para-hydroxylation sites is 2. The molecule has 4 aromatic carbocycles. The van der Waals surface area contributed by atoms with E-state index in [2.05, 4.69) is 24.3 Å². The van der Waals surface area contributed by atoms with Crippen LogP contribution < -0.4 is 13.3 Å². The van der Waals surface area contributed by atoms with Crippen molar-refractivity contribution in [2.24, 2.45) is 0 Å². The maximum Gasteiger partial charge on any atom is 0.683 e. The minimum absolute atomic E-state index is 0.718. The number of hydrogen-bond acceptors (Lipinski definition) is 3. The number of rotatable bonds is 8. The van der Waals surface area contributed by atoms with Crippen molar-refractivity contribution in [3.8, 4) is 17.2 Å². The van der Waals surface area contributed by atoms with Gasteiger partial charge in [-0.1, -0.05) is 91.0 Å². The molecule has 148 valence electrons. The summed E-state index contributed by atoms with van der Waals surface area (Å²) >= 11 is 0. The van der Waals surface area contributed by atoms with E-state index in [4.69, 9.17) is 13.3 Å². The lowest BCUT2D eigenvalue weighted by molar-refractivity contribution is 0.307. The molecule has 30 heavy (non-hydrogen) atoms. The summed E-state index contributed by atoms with van der Waals surface area (Å²) < 4.78 is 18.2. The van der Waals surface area contributed by atoms with Gasteiger partial charge in [0.15, 0.2) is 0 Å². The highest BCUT2D eigenvalue weighted by Gasteiger charge is 2.22. The van der Waals surface area contributed by atoms with Crippen LogP contribution >= 0.6 is 0 Å². The van der Waals surface area contributed by atoms with Crippen LogP contribution in [0.2, 0.25) is 0 Å². The van der Waals surface area contributed by atoms with Crippen molar-refractivity contribution in [1.82, 2.24) is 0 Å². The Morgan fingerprint density at radius 3 is 1.23 bits per heavy atom. The fourth-order valence-electron chi connectivity index (χ4n) is 2.82. The molecular formula is C26H22O3Si. The third-order valence-corrected chi connectivity index (χ3v) is 5.73. The van der Waals surface area contributed by atoms with Gasteiger partial charge in [-0.3, -0.25) is 0 Å². The van der Waals surface area contributed by atoms with Gasteiger partial charge < -0.3 is 13.3 Å². The van der Waals surface area contributed by atoms with Crippen LogP contribution in [0, 0.1) is 0 Å². The smallest absolute Gasteiger partial charge is 0.486 e. The maximum absolute atomic E-state index is 6.11. The second kappa shape index (κ2) is 10.1. The Morgan fingerprint density at radius 2 is 0.767 bits per heavy atom. The molecule has 3 nitrogen and oxygen atoms in total. The summed E-state index contributed by atoms with van der Waals surface area (Å²) in [6.07, 6.45) is 4.17. The molecular weight excluding hydrogens is 388 g/mol. The third kappa shape index (κ3) is 5.87. The van der Waals surface area contributed by atoms with Crippen molar-refractivity contribution in [3.05, 3.63) is 126 Å². The first kappa shape index (κ1) is 19.5. The fraction of sp³-hybridized carbons (Fsp3) is 0. The van der Waals surface area contributed by atoms with Crippen LogP contribution in [-0.4, -0.2) is 9.53 Å². The molecule has 0 spiro atoms. The molecule has 0 N–H and O–H groups in total. The Bertz CT molecular complexity index is 1010. The molecule has 0 unspecified atom stereocenters. The molecule has 0 aliphatic rings. The molecule has 0 aliphatic carbocycles. The van der Waals surface area contributed by atoms with Crippen LogP contribution in [0.25, 0.3) is 12.2 Å². The van der Waals surface area contributed by atoms with Crippen LogP contribution in [0.5, 0.6) is 17.2 Å². The van der Waals surface area contributed by atoms with Gasteiger partial charge in [0.05, 0.1) is 0 Å². The van der Waals surface area contributed by atoms with E-state index < -0.39 is 9.53 Å². The maximum atomic E-state index is 6.11. The molecule has 0 saturated heterocycles. The highest BCUT2D eigenvalue weighted by Crippen LogP contribution is 2.19. The average molecular weight is 411 g/mol. The molecule has 0 saturated carbocycles. The van der Waals surface area contributed by atoms with Crippen LogP contribution in [0.1, 0.15) is 11.1 Å². The Morgan fingerprint density at radius 1 is 0.400 bits per heavy atom. The van der Waals surface area contributed by atoms with Gasteiger partial charge in [-0.15, -0.1) is 0 Å². The van der Waals surface area contributed by atoms with E-state index in [-0.39, 0.29) is 0 Å². The van der Waals surface area contributed by atoms with Gasteiger partial charge in [0, 0.05) is 0 Å². The van der Waals surface area contributed by atoms with Gasteiger partial charge in [0.1, 0.15) is 17.2 Å². The summed E-state index contributed by atoms with van der Waals surface area (Å²) in [5.41, 5.74) is 2.26. The van der Waals surface area contributed by atoms with E-state index in [0.29, 0.717) is 0 Å². The Balaban J connectivity index is 1.45. The molecule has 0 amide bonds. The van der Waals surface area contributed by atoms with E-state index in [1.165, 1.54) is 0 Å². The van der Waals surface area contributed by atoms with E-state index >= 15 is 0 Å². The lowest BCUT2D eigenvalue weighted by Gasteiger charge is -2.19. The molecule has 0 fully saturated rings. The Hall–Kier alpha value is -3.76. The van der Waals surface area contributed by atoms with Crippen molar-refractivity contribution in [1.29, 1.82) is 0 Å². The van der Waals surface area contributed by atoms with Gasteiger partial charge >= 0.3 is 9.53 Å². The number of hydrogen-bond donors (Lipinski definition) is 0. The highest BCUT2D eigenvalue weighted by atomic mass is 28.3. The molecule has 0 heterocycles. The molecule has 0 radical (unpaired) electrons. The summed E-state index contributed by atoms with van der Waals surface area (Å²) in [4.78, 5) is 0. The van der Waals surface area contributed by atoms with Gasteiger partial charge in [-0.25, -0.2) is 0 Å². The SMILES string of the molecule is C(=Cc1ccc(O[SiH](Oc2ccccc2)Oc2ccccc2)cc1)c1ccccc1.